The molecule has 0 saturated heterocycles. The third kappa shape index (κ3) is 6.54. The van der Waals surface area contributed by atoms with Gasteiger partial charge in [-0.2, -0.15) is 4.39 Å². The van der Waals surface area contributed by atoms with Gasteiger partial charge in [0.15, 0.2) is 0 Å². The first-order valence-electron chi connectivity index (χ1n) is 6.75. The van der Waals surface area contributed by atoms with Gasteiger partial charge >= 0.3 is 16.0 Å². The summed E-state index contributed by atoms with van der Waals surface area (Å²) in [6.07, 6.45) is -0.801. The number of carbonyl (C=O) groups excluding carboxylic acids is 1. The molecule has 0 saturated carbocycles. The van der Waals surface area contributed by atoms with Gasteiger partial charge in [-0.05, 0) is 25.5 Å². The van der Waals surface area contributed by atoms with Gasteiger partial charge in [-0.3, -0.25) is 9.63 Å². The fraction of sp³-hybridized carbons (Fsp3) is 0.357. The van der Waals surface area contributed by atoms with Crippen molar-refractivity contribution in [3.05, 3.63) is 30.3 Å². The van der Waals surface area contributed by atoms with Gasteiger partial charge in [-0.15, -0.1) is 0 Å². The van der Waals surface area contributed by atoms with Crippen LogP contribution in [0.1, 0.15) is 20.3 Å². The summed E-state index contributed by atoms with van der Waals surface area (Å²) in [6, 6.07) is 7.95. The number of alkyl halides is 3. The maximum Gasteiger partial charge on any atom is 0.451 e. The Morgan fingerprint density at radius 1 is 1.42 bits per heavy atom. The first kappa shape index (κ1) is 20.5. The molecule has 24 heavy (non-hydrogen) atoms. The molecule has 0 aliphatic rings. The van der Waals surface area contributed by atoms with Crippen LogP contribution in [0.25, 0.3) is 0 Å². The van der Waals surface area contributed by atoms with Crippen LogP contribution in [-0.4, -0.2) is 26.8 Å². The lowest BCUT2D eigenvalue weighted by Gasteiger charge is -2.21. The highest BCUT2D eigenvalue weighted by Gasteiger charge is 2.33. The zero-order chi connectivity index (χ0) is 18.3. The van der Waals surface area contributed by atoms with E-state index in [2.05, 4.69) is 5.16 Å². The van der Waals surface area contributed by atoms with E-state index in [0.29, 0.717) is 0 Å². The third-order valence-corrected chi connectivity index (χ3v) is 3.99. The normalized spacial score (nSPS) is 13.3. The van der Waals surface area contributed by atoms with E-state index in [1.807, 2.05) is 0 Å². The molecule has 0 aliphatic carbocycles. The van der Waals surface area contributed by atoms with Gasteiger partial charge in [0.05, 0.1) is 17.3 Å². The average Bonchev–Trinajstić information content (AvgIpc) is 2.50. The summed E-state index contributed by atoms with van der Waals surface area (Å²) in [4.78, 5) is 27.9. The molecule has 10 heteroatoms. The van der Waals surface area contributed by atoms with E-state index in [0.717, 1.165) is 4.31 Å². The first-order valence-corrected chi connectivity index (χ1v) is 8.28. The van der Waals surface area contributed by atoms with Crippen molar-refractivity contribution < 1.29 is 23.9 Å². The molecule has 1 rings (SSSR count). The first-order chi connectivity index (χ1) is 11.2. The zero-order valence-electron chi connectivity index (χ0n) is 12.8. The van der Waals surface area contributed by atoms with Gasteiger partial charge < -0.3 is 5.11 Å². The predicted molar refractivity (Wildman–Crippen MR) is 93.1 cm³/mol. The molecule has 0 bridgehead atoms. The van der Waals surface area contributed by atoms with E-state index in [-0.39, 0.29) is 29.8 Å². The number of carbonyl (C=O) groups is 2. The van der Waals surface area contributed by atoms with Crippen LogP contribution in [0.5, 0.6) is 0 Å². The van der Waals surface area contributed by atoms with Crippen LogP contribution < -0.4 is 4.31 Å². The van der Waals surface area contributed by atoms with Crippen LogP contribution in [0, 0.1) is 5.92 Å². The van der Waals surface area contributed by atoms with E-state index in [9.17, 15) is 14.0 Å². The van der Waals surface area contributed by atoms with E-state index in [4.69, 9.17) is 33.1 Å². The molecule has 132 valence electrons. The lowest BCUT2D eigenvalue weighted by molar-refractivity contribution is -0.139. The van der Waals surface area contributed by atoms with Crippen molar-refractivity contribution in [2.75, 3.05) is 4.31 Å². The number of nitrogens with zero attached hydrogens (tertiary/aromatic N) is 2. The van der Waals surface area contributed by atoms with E-state index in [1.54, 1.807) is 25.1 Å². The second-order valence-electron chi connectivity index (χ2n) is 4.56. The number of anilines is 1. The molecule has 0 radical (unpaired) electrons. The van der Waals surface area contributed by atoms with E-state index >= 15 is 0 Å². The lowest BCUT2D eigenvalue weighted by Crippen LogP contribution is -2.28. The van der Waals surface area contributed by atoms with Crippen LogP contribution >= 0.6 is 35.1 Å². The number of benzene rings is 1. The van der Waals surface area contributed by atoms with Crippen LogP contribution in [0.15, 0.2) is 35.5 Å². The van der Waals surface area contributed by atoms with Crippen molar-refractivity contribution in [2.45, 2.75) is 24.2 Å². The minimum atomic E-state index is -2.78. The number of hydrogen-bond acceptors (Lipinski definition) is 5. The molecule has 1 aromatic carbocycles. The highest BCUT2D eigenvalue weighted by molar-refractivity contribution is 8.04. The summed E-state index contributed by atoms with van der Waals surface area (Å²) in [6.45, 7) is 3.07. The molecule has 0 spiro atoms. The summed E-state index contributed by atoms with van der Waals surface area (Å²) >= 11 is 10.8. The number of carboxylic acids is 1. The van der Waals surface area contributed by atoms with E-state index < -0.39 is 21.9 Å². The molecule has 1 amide bonds. The molecule has 0 aromatic heterocycles. The molecule has 1 unspecified atom stereocenters. The maximum absolute atomic E-state index is 13.5. The Morgan fingerprint density at radius 3 is 2.46 bits per heavy atom. The van der Waals surface area contributed by atoms with E-state index in [1.165, 1.54) is 19.1 Å². The second-order valence-corrected chi connectivity index (χ2v) is 7.35. The molecular weight excluding hydrogens is 382 g/mol. The summed E-state index contributed by atoms with van der Waals surface area (Å²) in [5, 5.41) is 12.5. The Hall–Kier alpha value is -1.51. The molecule has 1 N–H and O–H groups in total. The molecule has 1 atom stereocenters. The smallest absolute Gasteiger partial charge is 0.451 e. The highest BCUT2D eigenvalue weighted by atomic mass is 35.5. The van der Waals surface area contributed by atoms with Gasteiger partial charge in [0.25, 0.3) is 0 Å². The molecule has 6 nitrogen and oxygen atoms in total. The van der Waals surface area contributed by atoms with Crippen molar-refractivity contribution in [3.63, 3.8) is 0 Å². The van der Waals surface area contributed by atoms with Crippen molar-refractivity contribution in [1.29, 1.82) is 0 Å². The Bertz CT molecular complexity index is 611. The number of hydrogen-bond donors (Lipinski definition) is 1. The Kier molecular flexibility index (Phi) is 7.78. The predicted octanol–water partition coefficient (Wildman–Crippen LogP) is 4.82. The average molecular weight is 397 g/mol. The zero-order valence-corrected chi connectivity index (χ0v) is 15.1. The van der Waals surface area contributed by atoms with Gasteiger partial charge in [-0.25, -0.2) is 9.10 Å². The van der Waals surface area contributed by atoms with Crippen molar-refractivity contribution in [2.24, 2.45) is 11.1 Å². The molecular formula is C14H15Cl2FN2O4S. The van der Waals surface area contributed by atoms with Crippen molar-refractivity contribution >= 4 is 58.6 Å². The van der Waals surface area contributed by atoms with Gasteiger partial charge in [0.1, 0.15) is 0 Å². The van der Waals surface area contributed by atoms with Crippen LogP contribution in [0.2, 0.25) is 0 Å². The number of halogens is 3. The standard InChI is InChI=1S/C14H15Cl2FN2O4S/c1-3-11(12(20)21)9(2)18-23-13(22)19(24-14(15,16)17)10-7-5-4-6-8-10/h4-8,11H,3H2,1-2H3,(H,20,21). The summed E-state index contributed by atoms with van der Waals surface area (Å²) in [5.41, 5.74) is 0.355. The minimum absolute atomic E-state index is 0.0969. The Balaban J connectivity index is 2.95. The monoisotopic (exact) mass is 396 g/mol. The number of carboxylic acid groups (broad SMARTS) is 1. The summed E-state index contributed by atoms with van der Waals surface area (Å²) < 4.78 is 11.5. The Labute approximate surface area is 152 Å². The van der Waals surface area contributed by atoms with Gasteiger partial charge in [0, 0.05) is 11.9 Å². The number of para-hydroxylation sites is 1. The largest absolute Gasteiger partial charge is 0.481 e. The van der Waals surface area contributed by atoms with Crippen LogP contribution in [0.3, 0.4) is 0 Å². The second kappa shape index (κ2) is 9.10. The summed E-state index contributed by atoms with van der Waals surface area (Å²) in [7, 11) is 0. The number of oxime groups is 1. The highest BCUT2D eigenvalue weighted by Crippen LogP contribution is 2.41. The van der Waals surface area contributed by atoms with Crippen molar-refractivity contribution in [3.8, 4) is 0 Å². The quantitative estimate of drug-likeness (QED) is 0.235. The van der Waals surface area contributed by atoms with Crippen LogP contribution in [-0.2, 0) is 9.63 Å². The number of amides is 1. The fourth-order valence-corrected chi connectivity index (χ4v) is 2.68. The molecule has 0 heterocycles. The maximum atomic E-state index is 13.5. The molecule has 0 aliphatic heterocycles. The minimum Gasteiger partial charge on any atom is -0.481 e. The molecule has 1 aromatic rings. The lowest BCUT2D eigenvalue weighted by atomic mass is 10.0. The van der Waals surface area contributed by atoms with Crippen LogP contribution in [0.4, 0.5) is 14.9 Å². The fourth-order valence-electron chi connectivity index (χ4n) is 1.72. The van der Waals surface area contributed by atoms with Gasteiger partial charge in [0.2, 0.25) is 0 Å². The van der Waals surface area contributed by atoms with Gasteiger partial charge in [-0.1, -0.05) is 53.5 Å². The van der Waals surface area contributed by atoms with Crippen molar-refractivity contribution in [1.82, 2.24) is 0 Å². The molecule has 0 fully saturated rings. The topological polar surface area (TPSA) is 79.2 Å². The third-order valence-electron chi connectivity index (χ3n) is 2.83. The summed E-state index contributed by atoms with van der Waals surface area (Å²) in [5.74, 6) is -1.98. The number of aliphatic carboxylic acids is 1. The Morgan fingerprint density at radius 2 is 2.00 bits per heavy atom. The number of rotatable bonds is 7. The SMILES string of the molecule is CCC(C(=O)O)C(C)=NOC(=O)N(SC(F)(Cl)Cl)c1ccccc1.